The summed E-state index contributed by atoms with van der Waals surface area (Å²) in [6.45, 7) is 0. The molecule has 0 saturated carbocycles. The first kappa shape index (κ1) is 14.2. The number of methoxy groups -OCH3 is 1. The van der Waals surface area contributed by atoms with Crippen LogP contribution in [0.3, 0.4) is 0 Å². The van der Waals surface area contributed by atoms with Gasteiger partial charge in [0.2, 0.25) is 0 Å². The van der Waals surface area contributed by atoms with E-state index in [1.54, 1.807) is 18.9 Å². The first-order valence-electron chi connectivity index (χ1n) is 6.37. The van der Waals surface area contributed by atoms with Crippen LogP contribution in [0.25, 0.3) is 22.3 Å². The van der Waals surface area contributed by atoms with E-state index in [0.29, 0.717) is 11.0 Å². The summed E-state index contributed by atoms with van der Waals surface area (Å²) < 4.78 is 5.21. The first-order chi connectivity index (χ1) is 10.2. The highest BCUT2D eigenvalue weighted by Gasteiger charge is 2.11. The van der Waals surface area contributed by atoms with Crippen molar-refractivity contribution in [2.45, 2.75) is 4.90 Å². The highest BCUT2D eigenvalue weighted by atomic mass is 35.5. The molecule has 0 aliphatic carbocycles. The zero-order valence-corrected chi connectivity index (χ0v) is 13.2. The van der Waals surface area contributed by atoms with E-state index < -0.39 is 0 Å². The molecule has 0 amide bonds. The summed E-state index contributed by atoms with van der Waals surface area (Å²) >= 11 is 7.99. The van der Waals surface area contributed by atoms with E-state index in [4.69, 9.17) is 16.3 Å². The molecule has 0 aliphatic heterocycles. The van der Waals surface area contributed by atoms with Crippen LogP contribution in [0.5, 0.6) is 5.75 Å². The summed E-state index contributed by atoms with van der Waals surface area (Å²) in [7, 11) is 1.62. The zero-order valence-electron chi connectivity index (χ0n) is 11.6. The third kappa shape index (κ3) is 2.69. The van der Waals surface area contributed by atoms with Crippen molar-refractivity contribution in [1.82, 2.24) is 9.97 Å². The quantitative estimate of drug-likeness (QED) is 0.519. The van der Waals surface area contributed by atoms with E-state index in [1.807, 2.05) is 42.7 Å². The molecule has 3 rings (SSSR count). The smallest absolute Gasteiger partial charge is 0.162 e. The number of halogens is 1. The SMILES string of the molecule is COc1ccc2nc(-c3ccccc3SC)nc(Cl)c2c1. The molecule has 1 heterocycles. The van der Waals surface area contributed by atoms with E-state index in [0.717, 1.165) is 27.1 Å². The molecule has 5 heteroatoms. The third-order valence-electron chi connectivity index (χ3n) is 3.20. The van der Waals surface area contributed by atoms with E-state index in [2.05, 4.69) is 16.0 Å². The van der Waals surface area contributed by atoms with Gasteiger partial charge in [0, 0.05) is 15.8 Å². The topological polar surface area (TPSA) is 35.0 Å². The van der Waals surface area contributed by atoms with E-state index in [9.17, 15) is 0 Å². The maximum atomic E-state index is 6.32. The maximum absolute atomic E-state index is 6.32. The Balaban J connectivity index is 2.21. The summed E-state index contributed by atoms with van der Waals surface area (Å²) in [5.41, 5.74) is 1.80. The number of thioether (sulfide) groups is 1. The molecule has 0 saturated heterocycles. The van der Waals surface area contributed by atoms with Crippen LogP contribution in [0.4, 0.5) is 0 Å². The van der Waals surface area contributed by atoms with Crippen LogP contribution in [0.15, 0.2) is 47.4 Å². The molecule has 3 nitrogen and oxygen atoms in total. The Morgan fingerprint density at radius 3 is 2.67 bits per heavy atom. The lowest BCUT2D eigenvalue weighted by Gasteiger charge is -2.09. The van der Waals surface area contributed by atoms with Crippen molar-refractivity contribution in [2.24, 2.45) is 0 Å². The number of ether oxygens (including phenoxy) is 1. The predicted octanol–water partition coefficient (Wildman–Crippen LogP) is 4.68. The first-order valence-corrected chi connectivity index (χ1v) is 7.98. The molecule has 0 atom stereocenters. The lowest BCUT2D eigenvalue weighted by molar-refractivity contribution is 0.415. The Bertz CT molecular complexity index is 807. The number of hydrogen-bond donors (Lipinski definition) is 0. The number of benzene rings is 2. The average molecular weight is 317 g/mol. The Morgan fingerprint density at radius 2 is 1.90 bits per heavy atom. The van der Waals surface area contributed by atoms with Gasteiger partial charge in [-0.1, -0.05) is 29.8 Å². The Hall–Kier alpha value is -1.78. The van der Waals surface area contributed by atoms with Crippen LogP contribution < -0.4 is 4.74 Å². The lowest BCUT2D eigenvalue weighted by Crippen LogP contribution is -1.94. The molecule has 3 aromatic rings. The van der Waals surface area contributed by atoms with Crippen LogP contribution >= 0.6 is 23.4 Å². The second-order valence-corrected chi connectivity index (χ2v) is 5.63. The van der Waals surface area contributed by atoms with Gasteiger partial charge >= 0.3 is 0 Å². The van der Waals surface area contributed by atoms with Crippen molar-refractivity contribution in [3.8, 4) is 17.1 Å². The molecule has 0 bridgehead atoms. The number of fused-ring (bicyclic) bond motifs is 1. The molecular formula is C16H13ClN2OS. The van der Waals surface area contributed by atoms with Crippen molar-refractivity contribution in [1.29, 1.82) is 0 Å². The van der Waals surface area contributed by atoms with Gasteiger partial charge in [-0.05, 0) is 30.5 Å². The van der Waals surface area contributed by atoms with Crippen molar-refractivity contribution < 1.29 is 4.74 Å². The number of nitrogens with zero attached hydrogens (tertiary/aromatic N) is 2. The summed E-state index contributed by atoms with van der Waals surface area (Å²) in [6.07, 6.45) is 2.03. The lowest BCUT2D eigenvalue weighted by atomic mass is 10.2. The Morgan fingerprint density at radius 1 is 1.10 bits per heavy atom. The van der Waals surface area contributed by atoms with Gasteiger partial charge in [0.1, 0.15) is 10.9 Å². The third-order valence-corrected chi connectivity index (χ3v) is 4.29. The molecule has 0 radical (unpaired) electrons. The normalized spacial score (nSPS) is 10.8. The minimum Gasteiger partial charge on any atom is -0.497 e. The molecule has 0 fully saturated rings. The molecule has 0 unspecified atom stereocenters. The van der Waals surface area contributed by atoms with Crippen LogP contribution in [0.1, 0.15) is 0 Å². The summed E-state index contributed by atoms with van der Waals surface area (Å²) in [6, 6.07) is 13.7. The fraction of sp³-hybridized carbons (Fsp3) is 0.125. The van der Waals surface area contributed by atoms with Gasteiger partial charge in [-0.3, -0.25) is 0 Å². The van der Waals surface area contributed by atoms with Crippen LogP contribution in [0, 0.1) is 0 Å². The highest BCUT2D eigenvalue weighted by Crippen LogP contribution is 2.31. The van der Waals surface area contributed by atoms with Crippen molar-refractivity contribution in [3.63, 3.8) is 0 Å². The van der Waals surface area contributed by atoms with Gasteiger partial charge in [-0.2, -0.15) is 0 Å². The number of aromatic nitrogens is 2. The summed E-state index contributed by atoms with van der Waals surface area (Å²) in [5, 5.41) is 1.23. The van der Waals surface area contributed by atoms with Gasteiger partial charge in [0.25, 0.3) is 0 Å². The van der Waals surface area contributed by atoms with Crippen LogP contribution in [0.2, 0.25) is 5.15 Å². The monoisotopic (exact) mass is 316 g/mol. The molecule has 1 aromatic heterocycles. The van der Waals surface area contributed by atoms with Crippen LogP contribution in [-0.4, -0.2) is 23.3 Å². The second-order valence-electron chi connectivity index (χ2n) is 4.42. The van der Waals surface area contributed by atoms with E-state index in [-0.39, 0.29) is 0 Å². The fourth-order valence-corrected chi connectivity index (χ4v) is 2.97. The standard InChI is InChI=1S/C16H13ClN2OS/c1-20-10-7-8-13-12(9-10)15(17)19-16(18-13)11-5-3-4-6-14(11)21-2/h3-9H,1-2H3. The highest BCUT2D eigenvalue weighted by molar-refractivity contribution is 7.98. The van der Waals surface area contributed by atoms with E-state index in [1.165, 1.54) is 0 Å². The Kier molecular flexibility index (Phi) is 3.99. The van der Waals surface area contributed by atoms with Crippen molar-refractivity contribution >= 4 is 34.3 Å². The largest absolute Gasteiger partial charge is 0.497 e. The van der Waals surface area contributed by atoms with Gasteiger partial charge in [-0.15, -0.1) is 11.8 Å². The van der Waals surface area contributed by atoms with Gasteiger partial charge in [-0.25, -0.2) is 9.97 Å². The van der Waals surface area contributed by atoms with Gasteiger partial charge in [0.05, 0.1) is 12.6 Å². The van der Waals surface area contributed by atoms with Crippen LogP contribution in [-0.2, 0) is 0 Å². The zero-order chi connectivity index (χ0) is 14.8. The second kappa shape index (κ2) is 5.92. The maximum Gasteiger partial charge on any atom is 0.162 e. The summed E-state index contributed by atoms with van der Waals surface area (Å²) in [4.78, 5) is 10.2. The minimum atomic E-state index is 0.435. The number of hydrogen-bond acceptors (Lipinski definition) is 4. The molecule has 0 spiro atoms. The van der Waals surface area contributed by atoms with Gasteiger partial charge in [0.15, 0.2) is 5.82 Å². The molecule has 0 aliphatic rings. The molecule has 0 N–H and O–H groups in total. The van der Waals surface area contributed by atoms with Crippen molar-refractivity contribution in [3.05, 3.63) is 47.6 Å². The van der Waals surface area contributed by atoms with Gasteiger partial charge < -0.3 is 4.74 Å². The van der Waals surface area contributed by atoms with E-state index >= 15 is 0 Å². The number of rotatable bonds is 3. The van der Waals surface area contributed by atoms with Crippen molar-refractivity contribution in [2.75, 3.05) is 13.4 Å². The molecule has 21 heavy (non-hydrogen) atoms. The summed E-state index contributed by atoms with van der Waals surface area (Å²) in [5.74, 6) is 1.38. The molecule has 2 aromatic carbocycles. The minimum absolute atomic E-state index is 0.435. The predicted molar refractivity (Wildman–Crippen MR) is 88.3 cm³/mol. The fourth-order valence-electron chi connectivity index (χ4n) is 2.15. The Labute approximate surface area is 132 Å². The average Bonchev–Trinajstić information content (AvgIpc) is 2.54. The molecular weight excluding hydrogens is 304 g/mol. The molecule has 106 valence electrons.